The largest absolute Gasteiger partial charge is 0.490 e. The summed E-state index contributed by atoms with van der Waals surface area (Å²) in [5, 5.41) is 0. The third-order valence-electron chi connectivity index (χ3n) is 2.80. The van der Waals surface area contributed by atoms with Gasteiger partial charge in [0.15, 0.2) is 5.75 Å². The number of carbonyl (C=O) groups is 1. The molecule has 1 rings (SSSR count). The van der Waals surface area contributed by atoms with Crippen LogP contribution in [0.1, 0.15) is 31.1 Å². The Morgan fingerprint density at radius 3 is 2.32 bits per heavy atom. The maximum Gasteiger partial charge on any atom is 0.340 e. The molecule has 0 fully saturated rings. The van der Waals surface area contributed by atoms with Crippen molar-refractivity contribution in [3.05, 3.63) is 22.2 Å². The minimum absolute atomic E-state index is 0.153. The molecule has 1 aromatic rings. The van der Waals surface area contributed by atoms with Crippen molar-refractivity contribution < 1.29 is 22.7 Å². The van der Waals surface area contributed by atoms with E-state index in [4.69, 9.17) is 9.47 Å². The van der Waals surface area contributed by atoms with Crippen molar-refractivity contribution in [2.45, 2.75) is 20.8 Å². The minimum atomic E-state index is -3.57. The molecule has 0 bridgehead atoms. The van der Waals surface area contributed by atoms with Crippen LogP contribution in [0.4, 0.5) is 5.69 Å². The summed E-state index contributed by atoms with van der Waals surface area (Å²) >= 11 is 3.34. The molecular formula is C14H20BrNO5S. The van der Waals surface area contributed by atoms with Crippen molar-refractivity contribution in [1.82, 2.24) is 0 Å². The SMILES string of the molecule is CCOC(=O)c1ccc(Br)c(OCC)c1N(CC)S(C)(=O)=O. The zero-order chi connectivity index (χ0) is 16.9. The van der Waals surface area contributed by atoms with E-state index in [0.717, 1.165) is 10.6 Å². The van der Waals surface area contributed by atoms with Crippen molar-refractivity contribution in [3.8, 4) is 5.75 Å². The number of hydrogen-bond donors (Lipinski definition) is 0. The first-order valence-electron chi connectivity index (χ1n) is 6.87. The van der Waals surface area contributed by atoms with E-state index in [1.165, 1.54) is 6.07 Å². The first kappa shape index (κ1) is 18.8. The van der Waals surface area contributed by atoms with Gasteiger partial charge in [0, 0.05) is 6.54 Å². The van der Waals surface area contributed by atoms with Gasteiger partial charge >= 0.3 is 5.97 Å². The molecule has 0 spiro atoms. The summed E-state index contributed by atoms with van der Waals surface area (Å²) < 4.78 is 36.4. The molecule has 0 saturated carbocycles. The number of benzene rings is 1. The molecule has 0 radical (unpaired) electrons. The van der Waals surface area contributed by atoms with Gasteiger partial charge in [-0.2, -0.15) is 0 Å². The highest BCUT2D eigenvalue weighted by atomic mass is 79.9. The van der Waals surface area contributed by atoms with E-state index < -0.39 is 16.0 Å². The van der Waals surface area contributed by atoms with E-state index in [1.807, 2.05) is 0 Å². The van der Waals surface area contributed by atoms with Gasteiger partial charge in [0.25, 0.3) is 0 Å². The van der Waals surface area contributed by atoms with E-state index in [9.17, 15) is 13.2 Å². The third kappa shape index (κ3) is 4.13. The zero-order valence-electron chi connectivity index (χ0n) is 13.1. The highest BCUT2D eigenvalue weighted by Gasteiger charge is 2.28. The Balaban J connectivity index is 3.65. The van der Waals surface area contributed by atoms with Gasteiger partial charge in [-0.1, -0.05) is 0 Å². The van der Waals surface area contributed by atoms with Gasteiger partial charge in [0.05, 0.1) is 29.5 Å². The lowest BCUT2D eigenvalue weighted by Gasteiger charge is -2.26. The third-order valence-corrected chi connectivity index (χ3v) is 4.67. The van der Waals surface area contributed by atoms with Gasteiger partial charge in [-0.05, 0) is 48.8 Å². The fourth-order valence-corrected chi connectivity index (χ4v) is 3.42. The van der Waals surface area contributed by atoms with Crippen LogP contribution < -0.4 is 9.04 Å². The van der Waals surface area contributed by atoms with Crippen LogP contribution in [0, 0.1) is 0 Å². The quantitative estimate of drug-likeness (QED) is 0.665. The molecule has 124 valence electrons. The first-order valence-corrected chi connectivity index (χ1v) is 9.52. The molecule has 0 aromatic heterocycles. The standard InChI is InChI=1S/C14H20BrNO5S/c1-5-16(22(4,18)19)12-10(14(17)21-7-3)8-9-11(15)13(12)20-6-2/h8-9H,5-7H2,1-4H3. The lowest BCUT2D eigenvalue weighted by molar-refractivity contribution is 0.0527. The molecule has 8 heteroatoms. The van der Waals surface area contributed by atoms with Crippen molar-refractivity contribution in [2.75, 3.05) is 30.3 Å². The molecule has 0 aliphatic rings. The van der Waals surface area contributed by atoms with Crippen molar-refractivity contribution in [3.63, 3.8) is 0 Å². The smallest absolute Gasteiger partial charge is 0.340 e. The van der Waals surface area contributed by atoms with E-state index in [2.05, 4.69) is 15.9 Å². The second-order valence-electron chi connectivity index (χ2n) is 4.35. The van der Waals surface area contributed by atoms with E-state index >= 15 is 0 Å². The van der Waals surface area contributed by atoms with Gasteiger partial charge in [-0.15, -0.1) is 0 Å². The molecule has 0 N–H and O–H groups in total. The normalized spacial score (nSPS) is 11.1. The topological polar surface area (TPSA) is 72.9 Å². The van der Waals surface area contributed by atoms with Gasteiger partial charge < -0.3 is 9.47 Å². The van der Waals surface area contributed by atoms with Crippen LogP contribution in [0.15, 0.2) is 16.6 Å². The number of nitrogens with zero attached hydrogens (tertiary/aromatic N) is 1. The fourth-order valence-electron chi connectivity index (χ4n) is 2.01. The van der Waals surface area contributed by atoms with Crippen LogP contribution in [0.5, 0.6) is 5.75 Å². The van der Waals surface area contributed by atoms with Crippen LogP contribution in [0.25, 0.3) is 0 Å². The van der Waals surface area contributed by atoms with Crippen LogP contribution in [0.2, 0.25) is 0 Å². The summed E-state index contributed by atoms with van der Waals surface area (Å²) in [5.74, 6) is -0.284. The lowest BCUT2D eigenvalue weighted by Crippen LogP contribution is -2.31. The Morgan fingerprint density at radius 2 is 1.86 bits per heavy atom. The molecule has 6 nitrogen and oxygen atoms in total. The highest BCUT2D eigenvalue weighted by Crippen LogP contribution is 2.40. The molecule has 1 aromatic carbocycles. The molecule has 0 amide bonds. The average Bonchev–Trinajstić information content (AvgIpc) is 2.42. The Morgan fingerprint density at radius 1 is 1.23 bits per heavy atom. The van der Waals surface area contributed by atoms with Crippen LogP contribution in [-0.2, 0) is 14.8 Å². The summed E-state index contributed by atoms with van der Waals surface area (Å²) in [6.45, 7) is 5.86. The number of anilines is 1. The van der Waals surface area contributed by atoms with E-state index in [0.29, 0.717) is 16.8 Å². The first-order chi connectivity index (χ1) is 10.3. The summed E-state index contributed by atoms with van der Waals surface area (Å²) in [5.41, 5.74) is 0.348. The van der Waals surface area contributed by atoms with Crippen LogP contribution in [-0.4, -0.2) is 40.4 Å². The molecule has 0 aliphatic carbocycles. The van der Waals surface area contributed by atoms with Gasteiger partial charge in [-0.25, -0.2) is 13.2 Å². The number of esters is 1. The fraction of sp³-hybridized carbons (Fsp3) is 0.500. The number of halogens is 1. The highest BCUT2D eigenvalue weighted by molar-refractivity contribution is 9.10. The molecule has 0 saturated heterocycles. The molecule has 22 heavy (non-hydrogen) atoms. The number of rotatable bonds is 7. The summed E-state index contributed by atoms with van der Waals surface area (Å²) in [6.07, 6.45) is 1.09. The Labute approximate surface area is 139 Å². The molecular weight excluding hydrogens is 374 g/mol. The van der Waals surface area contributed by atoms with Crippen molar-refractivity contribution >= 4 is 37.6 Å². The number of hydrogen-bond acceptors (Lipinski definition) is 5. The Bertz CT molecular complexity index is 645. The van der Waals surface area contributed by atoms with Crippen molar-refractivity contribution in [1.29, 1.82) is 0 Å². The second-order valence-corrected chi connectivity index (χ2v) is 7.12. The number of carbonyl (C=O) groups excluding carboxylic acids is 1. The lowest BCUT2D eigenvalue weighted by atomic mass is 10.1. The average molecular weight is 394 g/mol. The Kier molecular flexibility index (Phi) is 6.67. The number of ether oxygens (including phenoxy) is 2. The van der Waals surface area contributed by atoms with Crippen LogP contribution >= 0.6 is 15.9 Å². The van der Waals surface area contributed by atoms with Crippen molar-refractivity contribution in [2.24, 2.45) is 0 Å². The molecule has 0 atom stereocenters. The van der Waals surface area contributed by atoms with Gasteiger partial charge in [0.2, 0.25) is 10.0 Å². The predicted octanol–water partition coefficient (Wildman–Crippen LogP) is 2.81. The molecule has 0 unspecified atom stereocenters. The van der Waals surface area contributed by atoms with E-state index in [-0.39, 0.29) is 24.4 Å². The summed E-state index contributed by atoms with van der Waals surface area (Å²) in [7, 11) is -3.57. The van der Waals surface area contributed by atoms with E-state index in [1.54, 1.807) is 26.8 Å². The monoisotopic (exact) mass is 393 g/mol. The maximum absolute atomic E-state index is 12.2. The van der Waals surface area contributed by atoms with Gasteiger partial charge in [-0.3, -0.25) is 4.31 Å². The molecule has 0 aliphatic heterocycles. The predicted molar refractivity (Wildman–Crippen MR) is 89.1 cm³/mol. The summed E-state index contributed by atoms with van der Waals surface area (Å²) in [6, 6.07) is 3.16. The zero-order valence-corrected chi connectivity index (χ0v) is 15.5. The minimum Gasteiger partial charge on any atom is -0.490 e. The van der Waals surface area contributed by atoms with Crippen LogP contribution in [0.3, 0.4) is 0 Å². The van der Waals surface area contributed by atoms with Gasteiger partial charge in [0.1, 0.15) is 5.69 Å². The number of sulfonamides is 1. The summed E-state index contributed by atoms with van der Waals surface area (Å²) in [4.78, 5) is 12.2. The maximum atomic E-state index is 12.2. The Hall–Kier alpha value is -1.28. The second kappa shape index (κ2) is 7.82. The molecule has 0 heterocycles.